The first-order chi connectivity index (χ1) is 8.75. The van der Waals surface area contributed by atoms with Gasteiger partial charge in [0.05, 0.1) is 6.61 Å². The van der Waals surface area contributed by atoms with Crippen LogP contribution in [0.1, 0.15) is 38.2 Å². The summed E-state index contributed by atoms with van der Waals surface area (Å²) in [6.45, 7) is 7.78. The molecule has 1 fully saturated rings. The smallest absolute Gasteiger partial charge is 0.119 e. The lowest BCUT2D eigenvalue weighted by molar-refractivity contribution is 0.149. The van der Waals surface area contributed by atoms with Gasteiger partial charge in [-0.1, -0.05) is 24.1 Å². The Morgan fingerprint density at radius 2 is 1.78 bits per heavy atom. The van der Waals surface area contributed by atoms with Gasteiger partial charge >= 0.3 is 0 Å². The fourth-order valence-corrected chi connectivity index (χ4v) is 2.52. The van der Waals surface area contributed by atoms with Crippen LogP contribution in [0.2, 0.25) is 0 Å². The maximum atomic E-state index is 5.80. The highest BCUT2D eigenvalue weighted by atomic mass is 16.5. The second-order valence-corrected chi connectivity index (χ2v) is 5.40. The van der Waals surface area contributed by atoms with Crippen molar-refractivity contribution < 1.29 is 4.74 Å². The summed E-state index contributed by atoms with van der Waals surface area (Å²) in [5, 5.41) is 0. The number of rotatable bonds is 5. The van der Waals surface area contributed by atoms with Crippen molar-refractivity contribution in [2.75, 3.05) is 19.7 Å². The molecule has 1 aromatic rings. The van der Waals surface area contributed by atoms with Crippen molar-refractivity contribution >= 4 is 0 Å². The van der Waals surface area contributed by atoms with E-state index in [-0.39, 0.29) is 0 Å². The molecule has 1 unspecified atom stereocenters. The Labute approximate surface area is 111 Å². The Hall–Kier alpha value is -1.02. The lowest BCUT2D eigenvalue weighted by atomic mass is 10.1. The molecule has 0 aromatic heterocycles. The highest BCUT2D eigenvalue weighted by molar-refractivity contribution is 5.26. The van der Waals surface area contributed by atoms with E-state index in [0.29, 0.717) is 6.04 Å². The summed E-state index contributed by atoms with van der Waals surface area (Å²) < 4.78 is 5.80. The van der Waals surface area contributed by atoms with Crippen molar-refractivity contribution in [3.8, 4) is 5.75 Å². The van der Waals surface area contributed by atoms with E-state index in [9.17, 15) is 0 Å². The molecule has 2 heteroatoms. The van der Waals surface area contributed by atoms with Gasteiger partial charge in [0.15, 0.2) is 0 Å². The van der Waals surface area contributed by atoms with Gasteiger partial charge in [-0.05, 0) is 58.3 Å². The molecular formula is C16H25NO. The van der Waals surface area contributed by atoms with E-state index in [1.54, 1.807) is 0 Å². The average Bonchev–Trinajstić information content (AvgIpc) is 2.42. The lowest BCUT2D eigenvalue weighted by Crippen LogP contribution is -2.38. The second-order valence-electron chi connectivity index (χ2n) is 5.40. The van der Waals surface area contributed by atoms with Gasteiger partial charge in [0.2, 0.25) is 0 Å². The number of hydrogen-bond donors (Lipinski definition) is 0. The van der Waals surface area contributed by atoms with Gasteiger partial charge in [0.25, 0.3) is 0 Å². The third kappa shape index (κ3) is 4.02. The third-order valence-corrected chi connectivity index (χ3v) is 3.84. The number of benzene rings is 1. The van der Waals surface area contributed by atoms with Crippen molar-refractivity contribution in [1.29, 1.82) is 0 Å². The summed E-state index contributed by atoms with van der Waals surface area (Å²) >= 11 is 0. The molecule has 0 N–H and O–H groups in total. The third-order valence-electron chi connectivity index (χ3n) is 3.84. The van der Waals surface area contributed by atoms with Gasteiger partial charge in [-0.15, -0.1) is 0 Å². The van der Waals surface area contributed by atoms with Crippen LogP contribution in [0.3, 0.4) is 0 Å². The Morgan fingerprint density at radius 1 is 1.11 bits per heavy atom. The van der Waals surface area contributed by atoms with Crippen molar-refractivity contribution in [2.45, 2.75) is 45.6 Å². The zero-order chi connectivity index (χ0) is 12.8. The van der Waals surface area contributed by atoms with Gasteiger partial charge in [-0.25, -0.2) is 0 Å². The maximum absolute atomic E-state index is 5.80. The molecule has 1 atom stereocenters. The number of likely N-dealkylation sites (tertiary alicyclic amines) is 1. The number of nitrogens with zero attached hydrogens (tertiary/aromatic N) is 1. The minimum absolute atomic E-state index is 0.649. The van der Waals surface area contributed by atoms with Crippen molar-refractivity contribution in [3.05, 3.63) is 29.8 Å². The number of hydrogen-bond acceptors (Lipinski definition) is 2. The maximum Gasteiger partial charge on any atom is 0.119 e. The molecule has 18 heavy (non-hydrogen) atoms. The van der Waals surface area contributed by atoms with E-state index in [1.807, 2.05) is 0 Å². The second kappa shape index (κ2) is 6.79. The summed E-state index contributed by atoms with van der Waals surface area (Å²) in [6.07, 6.45) is 5.25. The molecule has 0 radical (unpaired) electrons. The van der Waals surface area contributed by atoms with Crippen LogP contribution in [0.4, 0.5) is 0 Å². The zero-order valence-electron chi connectivity index (χ0n) is 11.7. The highest BCUT2D eigenvalue weighted by Gasteiger charge is 2.16. The fraction of sp³-hybridized carbons (Fsp3) is 0.625. The minimum Gasteiger partial charge on any atom is -0.494 e. The molecule has 0 amide bonds. The summed E-state index contributed by atoms with van der Waals surface area (Å²) in [6, 6.07) is 8.96. The van der Waals surface area contributed by atoms with Crippen LogP contribution in [0.15, 0.2) is 24.3 Å². The first-order valence-electron chi connectivity index (χ1n) is 7.19. The summed E-state index contributed by atoms with van der Waals surface area (Å²) in [7, 11) is 0. The average molecular weight is 247 g/mol. The highest BCUT2D eigenvalue weighted by Crippen LogP contribution is 2.15. The largest absolute Gasteiger partial charge is 0.494 e. The normalized spacial score (nSPS) is 18.6. The molecule has 1 heterocycles. The van der Waals surface area contributed by atoms with Gasteiger partial charge in [0, 0.05) is 6.04 Å². The molecule has 0 aliphatic carbocycles. The number of ether oxygens (including phenoxy) is 1. The quantitative estimate of drug-likeness (QED) is 0.787. The summed E-state index contributed by atoms with van der Waals surface area (Å²) in [5.74, 6) is 0.992. The Balaban J connectivity index is 1.69. The monoisotopic (exact) mass is 247 g/mol. The van der Waals surface area contributed by atoms with Crippen LogP contribution >= 0.6 is 0 Å². The first-order valence-corrected chi connectivity index (χ1v) is 7.19. The molecule has 1 aromatic carbocycles. The van der Waals surface area contributed by atoms with Crippen LogP contribution in [0, 0.1) is 6.92 Å². The molecule has 0 bridgehead atoms. The van der Waals surface area contributed by atoms with E-state index in [1.165, 1.54) is 37.9 Å². The predicted molar refractivity (Wildman–Crippen MR) is 76.2 cm³/mol. The SMILES string of the molecule is Cc1ccc(OCCC(C)N2CCCCC2)cc1. The Bertz CT molecular complexity index is 341. The van der Waals surface area contributed by atoms with E-state index < -0.39 is 0 Å². The summed E-state index contributed by atoms with van der Waals surface area (Å²) in [4.78, 5) is 2.60. The standard InChI is InChI=1S/C16H25NO/c1-14-6-8-16(9-7-14)18-13-10-15(2)17-11-4-3-5-12-17/h6-9,15H,3-5,10-13H2,1-2H3. The number of piperidine rings is 1. The Kier molecular flexibility index (Phi) is 5.06. The van der Waals surface area contributed by atoms with Crippen LogP contribution in [-0.4, -0.2) is 30.6 Å². The van der Waals surface area contributed by atoms with Crippen molar-refractivity contribution in [3.63, 3.8) is 0 Å². The molecule has 1 aliphatic heterocycles. The van der Waals surface area contributed by atoms with Gasteiger partial charge in [0.1, 0.15) is 5.75 Å². The van der Waals surface area contributed by atoms with Crippen molar-refractivity contribution in [2.24, 2.45) is 0 Å². The van der Waals surface area contributed by atoms with E-state index in [2.05, 4.69) is 43.0 Å². The molecule has 1 aliphatic rings. The molecular weight excluding hydrogens is 222 g/mol. The van der Waals surface area contributed by atoms with Crippen LogP contribution < -0.4 is 4.74 Å². The predicted octanol–water partition coefficient (Wildman–Crippen LogP) is 3.64. The van der Waals surface area contributed by atoms with E-state index in [0.717, 1.165) is 18.8 Å². The van der Waals surface area contributed by atoms with Gasteiger partial charge in [-0.3, -0.25) is 0 Å². The van der Waals surface area contributed by atoms with E-state index >= 15 is 0 Å². The molecule has 1 saturated heterocycles. The zero-order valence-corrected chi connectivity index (χ0v) is 11.7. The molecule has 2 rings (SSSR count). The van der Waals surface area contributed by atoms with Crippen molar-refractivity contribution in [1.82, 2.24) is 4.90 Å². The van der Waals surface area contributed by atoms with Crippen LogP contribution in [0.5, 0.6) is 5.75 Å². The van der Waals surface area contributed by atoms with Gasteiger partial charge in [-0.2, -0.15) is 0 Å². The number of aryl methyl sites for hydroxylation is 1. The topological polar surface area (TPSA) is 12.5 Å². The molecule has 2 nitrogen and oxygen atoms in total. The molecule has 100 valence electrons. The lowest BCUT2D eigenvalue weighted by Gasteiger charge is -2.32. The van der Waals surface area contributed by atoms with Gasteiger partial charge < -0.3 is 9.64 Å². The van der Waals surface area contributed by atoms with Crippen LogP contribution in [-0.2, 0) is 0 Å². The molecule has 0 saturated carbocycles. The fourth-order valence-electron chi connectivity index (χ4n) is 2.52. The Morgan fingerprint density at radius 3 is 2.44 bits per heavy atom. The summed E-state index contributed by atoms with van der Waals surface area (Å²) in [5.41, 5.74) is 1.28. The first kappa shape index (κ1) is 13.4. The van der Waals surface area contributed by atoms with Crippen LogP contribution in [0.25, 0.3) is 0 Å². The minimum atomic E-state index is 0.649. The molecule has 0 spiro atoms. The van der Waals surface area contributed by atoms with E-state index in [4.69, 9.17) is 4.74 Å².